The highest BCUT2D eigenvalue weighted by atomic mass is 16.5. The Balaban J connectivity index is 1.41. The summed E-state index contributed by atoms with van der Waals surface area (Å²) in [6, 6.07) is 12.7. The lowest BCUT2D eigenvalue weighted by molar-refractivity contribution is 0.199. The highest BCUT2D eigenvalue weighted by molar-refractivity contribution is 5.47. The van der Waals surface area contributed by atoms with Crippen molar-refractivity contribution in [2.75, 3.05) is 6.54 Å². The van der Waals surface area contributed by atoms with Crippen molar-refractivity contribution in [1.29, 1.82) is 0 Å². The van der Waals surface area contributed by atoms with Crippen molar-refractivity contribution in [3.8, 4) is 11.5 Å². The van der Waals surface area contributed by atoms with Gasteiger partial charge >= 0.3 is 0 Å². The molecule has 4 aromatic heterocycles. The Hall–Kier alpha value is -3.39. The Morgan fingerprint density at radius 3 is 2.96 bits per heavy atom. The molecule has 1 atom stereocenters. The third kappa shape index (κ3) is 3.07. The molecule has 0 N–H and O–H groups in total. The Bertz CT molecular complexity index is 1170. The summed E-state index contributed by atoms with van der Waals surface area (Å²) in [5.74, 6) is 1.07. The molecule has 5 rings (SSSR count). The summed E-state index contributed by atoms with van der Waals surface area (Å²) in [6.07, 6.45) is 5.39. The molecule has 28 heavy (non-hydrogen) atoms. The van der Waals surface area contributed by atoms with E-state index in [4.69, 9.17) is 4.52 Å². The minimum atomic E-state index is -0.0772. The van der Waals surface area contributed by atoms with Gasteiger partial charge in [-0.15, -0.1) is 0 Å². The standard InChI is InChI=1S/C20H18N6O2/c27-18-12-14(22-17-8-2-4-11-26(17)18)13-25-10-5-7-16(25)20-23-19(24-28-20)15-6-1-3-9-21-15/h1-4,6,8-9,11-12,16H,5,7,10,13H2/t16-/m1/s1. The number of fused-ring (bicyclic) bond motifs is 1. The fourth-order valence-electron chi connectivity index (χ4n) is 3.66. The molecule has 1 saturated heterocycles. The molecule has 0 spiro atoms. The van der Waals surface area contributed by atoms with Gasteiger partial charge in [-0.1, -0.05) is 17.3 Å². The van der Waals surface area contributed by atoms with E-state index >= 15 is 0 Å². The van der Waals surface area contributed by atoms with Gasteiger partial charge in [0.15, 0.2) is 0 Å². The van der Waals surface area contributed by atoms with Crippen molar-refractivity contribution in [2.45, 2.75) is 25.4 Å². The maximum Gasteiger partial charge on any atom is 0.258 e. The first-order valence-corrected chi connectivity index (χ1v) is 9.24. The summed E-state index contributed by atoms with van der Waals surface area (Å²) in [6.45, 7) is 1.45. The smallest absolute Gasteiger partial charge is 0.258 e. The van der Waals surface area contributed by atoms with Gasteiger partial charge < -0.3 is 4.52 Å². The second-order valence-electron chi connectivity index (χ2n) is 6.81. The fourth-order valence-corrected chi connectivity index (χ4v) is 3.66. The lowest BCUT2D eigenvalue weighted by Crippen LogP contribution is -2.25. The van der Waals surface area contributed by atoms with E-state index in [1.54, 1.807) is 22.9 Å². The van der Waals surface area contributed by atoms with Gasteiger partial charge in [-0.3, -0.25) is 19.1 Å². The second-order valence-corrected chi connectivity index (χ2v) is 6.81. The molecule has 8 nitrogen and oxygen atoms in total. The van der Waals surface area contributed by atoms with Crippen molar-refractivity contribution in [3.63, 3.8) is 0 Å². The van der Waals surface area contributed by atoms with Gasteiger partial charge in [0.1, 0.15) is 11.3 Å². The molecule has 0 aromatic carbocycles. The van der Waals surface area contributed by atoms with E-state index in [2.05, 4.69) is 25.0 Å². The Morgan fingerprint density at radius 1 is 1.14 bits per heavy atom. The van der Waals surface area contributed by atoms with Gasteiger partial charge in [0, 0.05) is 25.0 Å². The van der Waals surface area contributed by atoms with Crippen molar-refractivity contribution < 1.29 is 4.52 Å². The zero-order valence-corrected chi connectivity index (χ0v) is 15.1. The van der Waals surface area contributed by atoms with Crippen LogP contribution in [-0.4, -0.2) is 36.0 Å². The third-order valence-corrected chi connectivity index (χ3v) is 4.97. The second kappa shape index (κ2) is 6.97. The lowest BCUT2D eigenvalue weighted by Gasteiger charge is -2.20. The van der Waals surface area contributed by atoms with Gasteiger partial charge in [0.2, 0.25) is 11.7 Å². The molecule has 4 aromatic rings. The van der Waals surface area contributed by atoms with Crippen molar-refractivity contribution in [1.82, 2.24) is 29.4 Å². The average molecular weight is 374 g/mol. The van der Waals surface area contributed by atoms with Crippen molar-refractivity contribution >= 4 is 5.65 Å². The summed E-state index contributed by atoms with van der Waals surface area (Å²) >= 11 is 0. The maximum absolute atomic E-state index is 12.3. The summed E-state index contributed by atoms with van der Waals surface area (Å²) in [5, 5.41) is 4.08. The molecule has 1 aliphatic rings. The molecule has 0 unspecified atom stereocenters. The van der Waals surface area contributed by atoms with Crippen LogP contribution in [0.5, 0.6) is 0 Å². The monoisotopic (exact) mass is 374 g/mol. The quantitative estimate of drug-likeness (QED) is 0.542. The number of likely N-dealkylation sites (tertiary alicyclic amines) is 1. The number of aromatic nitrogens is 5. The minimum absolute atomic E-state index is 0.0148. The maximum atomic E-state index is 12.3. The van der Waals surface area contributed by atoms with Crippen LogP contribution in [0.3, 0.4) is 0 Å². The highest BCUT2D eigenvalue weighted by Crippen LogP contribution is 2.32. The molecule has 0 amide bonds. The molecule has 0 bridgehead atoms. The zero-order chi connectivity index (χ0) is 18.9. The number of hydrogen-bond acceptors (Lipinski definition) is 7. The molecule has 140 valence electrons. The van der Waals surface area contributed by atoms with E-state index in [0.717, 1.165) is 25.1 Å². The van der Waals surface area contributed by atoms with Crippen LogP contribution in [0.4, 0.5) is 0 Å². The molecule has 0 saturated carbocycles. The largest absolute Gasteiger partial charge is 0.337 e. The topological polar surface area (TPSA) is 89.4 Å². The molecule has 5 heterocycles. The van der Waals surface area contributed by atoms with Crippen LogP contribution < -0.4 is 5.56 Å². The fraction of sp³-hybridized carbons (Fsp3) is 0.250. The van der Waals surface area contributed by atoms with Gasteiger partial charge in [-0.2, -0.15) is 4.98 Å². The molecule has 1 aliphatic heterocycles. The van der Waals surface area contributed by atoms with Crippen LogP contribution in [0, 0.1) is 0 Å². The third-order valence-electron chi connectivity index (χ3n) is 4.97. The first-order chi connectivity index (χ1) is 13.8. The van der Waals surface area contributed by atoms with Crippen molar-refractivity contribution in [2.24, 2.45) is 0 Å². The molecule has 1 fully saturated rings. The normalized spacial score (nSPS) is 17.4. The summed E-state index contributed by atoms with van der Waals surface area (Å²) in [4.78, 5) is 28.0. The average Bonchev–Trinajstić information content (AvgIpc) is 3.38. The van der Waals surface area contributed by atoms with Crippen LogP contribution in [0.1, 0.15) is 30.5 Å². The first kappa shape index (κ1) is 16.8. The van der Waals surface area contributed by atoms with Crippen LogP contribution in [0.2, 0.25) is 0 Å². The number of rotatable bonds is 4. The highest BCUT2D eigenvalue weighted by Gasteiger charge is 2.31. The summed E-state index contributed by atoms with van der Waals surface area (Å²) < 4.78 is 7.08. The van der Waals surface area contributed by atoms with Gasteiger partial charge in [-0.25, -0.2) is 4.98 Å². The van der Waals surface area contributed by atoms with E-state index in [9.17, 15) is 4.79 Å². The zero-order valence-electron chi connectivity index (χ0n) is 15.1. The van der Waals surface area contributed by atoms with E-state index in [1.807, 2.05) is 36.4 Å². The molecule has 0 aliphatic carbocycles. The Kier molecular flexibility index (Phi) is 4.17. The molecule has 8 heteroatoms. The predicted molar refractivity (Wildman–Crippen MR) is 101 cm³/mol. The SMILES string of the molecule is O=c1cc(CN2CCC[C@@H]2c2nc(-c3ccccn3)no2)nc2ccccn12. The number of pyridine rings is 2. The van der Waals surface area contributed by atoms with Crippen molar-refractivity contribution in [3.05, 3.63) is 76.8 Å². The van der Waals surface area contributed by atoms with E-state index in [-0.39, 0.29) is 11.6 Å². The Morgan fingerprint density at radius 2 is 2.07 bits per heavy atom. The first-order valence-electron chi connectivity index (χ1n) is 9.24. The number of hydrogen-bond donors (Lipinski definition) is 0. The Labute approximate surface area is 160 Å². The van der Waals surface area contributed by atoms with Gasteiger partial charge in [0.25, 0.3) is 5.56 Å². The predicted octanol–water partition coefficient (Wildman–Crippen LogP) is 2.48. The summed E-state index contributed by atoms with van der Waals surface area (Å²) in [5.41, 5.74) is 2.00. The van der Waals surface area contributed by atoms with E-state index in [1.165, 1.54) is 0 Å². The van der Waals surface area contributed by atoms with Crippen LogP contribution >= 0.6 is 0 Å². The van der Waals surface area contributed by atoms with Crippen LogP contribution in [0.15, 0.2) is 64.2 Å². The minimum Gasteiger partial charge on any atom is -0.337 e. The van der Waals surface area contributed by atoms with Crippen LogP contribution in [-0.2, 0) is 6.54 Å². The lowest BCUT2D eigenvalue weighted by atomic mass is 10.2. The summed E-state index contributed by atoms with van der Waals surface area (Å²) in [7, 11) is 0. The van der Waals surface area contributed by atoms with E-state index in [0.29, 0.717) is 29.6 Å². The number of nitrogens with zero attached hydrogens (tertiary/aromatic N) is 6. The van der Waals surface area contributed by atoms with E-state index < -0.39 is 0 Å². The van der Waals surface area contributed by atoms with Gasteiger partial charge in [-0.05, 0) is 43.7 Å². The van der Waals surface area contributed by atoms with Gasteiger partial charge in [0.05, 0.1) is 11.7 Å². The molecular formula is C20H18N6O2. The van der Waals surface area contributed by atoms with Crippen LogP contribution in [0.25, 0.3) is 17.2 Å². The molecular weight excluding hydrogens is 356 g/mol. The molecule has 0 radical (unpaired) electrons.